The fraction of sp³-hybridized carbons (Fsp3) is 0.162. The van der Waals surface area contributed by atoms with E-state index in [9.17, 15) is 9.59 Å². The van der Waals surface area contributed by atoms with Crippen molar-refractivity contribution in [3.8, 4) is 17.2 Å². The lowest BCUT2D eigenvalue weighted by Gasteiger charge is -2.25. The van der Waals surface area contributed by atoms with Crippen molar-refractivity contribution in [1.82, 2.24) is 4.57 Å². The average molecular weight is 632 g/mol. The number of methoxy groups -OCH3 is 1. The summed E-state index contributed by atoms with van der Waals surface area (Å²) in [6, 6.07) is 31.5. The summed E-state index contributed by atoms with van der Waals surface area (Å²) in [6.07, 6.45) is 1.82. The van der Waals surface area contributed by atoms with Gasteiger partial charge in [-0.25, -0.2) is 4.99 Å². The highest BCUT2D eigenvalue weighted by molar-refractivity contribution is 7.07. The second kappa shape index (κ2) is 13.7. The Morgan fingerprint density at radius 1 is 0.935 bits per heavy atom. The molecule has 4 aromatic carbocycles. The van der Waals surface area contributed by atoms with Crippen LogP contribution in [0.5, 0.6) is 17.2 Å². The zero-order valence-electron chi connectivity index (χ0n) is 25.7. The first kappa shape index (κ1) is 30.6. The number of amides is 1. The van der Waals surface area contributed by atoms with Gasteiger partial charge in [0.1, 0.15) is 12.4 Å². The average Bonchev–Trinajstić information content (AvgIpc) is 3.38. The number of aromatic nitrogens is 1. The van der Waals surface area contributed by atoms with E-state index in [0.29, 0.717) is 56.8 Å². The summed E-state index contributed by atoms with van der Waals surface area (Å²) in [4.78, 5) is 33.2. The first-order valence-electron chi connectivity index (χ1n) is 14.9. The van der Waals surface area contributed by atoms with E-state index in [1.165, 1.54) is 11.3 Å². The number of nitrogens with zero attached hydrogens (tertiary/aromatic N) is 2. The molecule has 0 saturated heterocycles. The number of ether oxygens (including phenoxy) is 3. The van der Waals surface area contributed by atoms with E-state index < -0.39 is 6.04 Å². The molecule has 1 aliphatic heterocycles. The zero-order chi connectivity index (χ0) is 32.0. The van der Waals surface area contributed by atoms with Crippen molar-refractivity contribution in [2.75, 3.05) is 19.0 Å². The molecule has 1 aromatic heterocycles. The van der Waals surface area contributed by atoms with E-state index in [2.05, 4.69) is 5.32 Å². The summed E-state index contributed by atoms with van der Waals surface area (Å²) in [5.41, 5.74) is 3.87. The Bertz CT molecular complexity index is 2090. The Morgan fingerprint density at radius 2 is 1.70 bits per heavy atom. The van der Waals surface area contributed by atoms with Crippen LogP contribution < -0.4 is 34.4 Å². The van der Waals surface area contributed by atoms with Crippen molar-refractivity contribution in [3.05, 3.63) is 151 Å². The molecule has 6 rings (SSSR count). The first-order valence-corrected chi connectivity index (χ1v) is 15.7. The highest BCUT2D eigenvalue weighted by atomic mass is 32.1. The number of para-hydroxylation sites is 1. The van der Waals surface area contributed by atoms with Gasteiger partial charge in [0.05, 0.1) is 35.6 Å². The first-order chi connectivity index (χ1) is 22.4. The predicted molar refractivity (Wildman–Crippen MR) is 180 cm³/mol. The minimum atomic E-state index is -0.718. The molecule has 0 spiro atoms. The van der Waals surface area contributed by atoms with E-state index in [4.69, 9.17) is 19.2 Å². The number of fused-ring (bicyclic) bond motifs is 1. The Balaban J connectivity index is 1.41. The van der Waals surface area contributed by atoms with E-state index in [1.807, 2.05) is 116 Å². The number of hydrogen-bond donors (Lipinski definition) is 1. The molecule has 8 nitrogen and oxygen atoms in total. The topological polar surface area (TPSA) is 91.2 Å². The molecule has 0 unspecified atom stereocenters. The lowest BCUT2D eigenvalue weighted by atomic mass is 9.95. The molecule has 2 heterocycles. The summed E-state index contributed by atoms with van der Waals surface area (Å²) in [7, 11) is 1.59. The maximum absolute atomic E-state index is 14.2. The summed E-state index contributed by atoms with van der Waals surface area (Å²) in [5, 5.41) is 2.98. The lowest BCUT2D eigenvalue weighted by Crippen LogP contribution is -2.40. The molecule has 0 aliphatic carbocycles. The normalized spacial score (nSPS) is 14.3. The summed E-state index contributed by atoms with van der Waals surface area (Å²) in [5.74, 6) is 1.49. The number of thiazole rings is 1. The Labute approximate surface area is 270 Å². The minimum absolute atomic E-state index is 0.253. The van der Waals surface area contributed by atoms with Gasteiger partial charge in [-0.05, 0) is 73.0 Å². The van der Waals surface area contributed by atoms with Gasteiger partial charge in [-0.3, -0.25) is 14.2 Å². The van der Waals surface area contributed by atoms with Gasteiger partial charge in [0, 0.05) is 5.69 Å². The van der Waals surface area contributed by atoms with Gasteiger partial charge in [-0.2, -0.15) is 0 Å². The van der Waals surface area contributed by atoms with E-state index in [-0.39, 0.29) is 11.5 Å². The van der Waals surface area contributed by atoms with Crippen LogP contribution in [0.4, 0.5) is 5.69 Å². The third-order valence-corrected chi connectivity index (χ3v) is 8.49. The van der Waals surface area contributed by atoms with Crippen LogP contribution in [0.2, 0.25) is 0 Å². The number of carbonyl (C=O) groups excluding carboxylic acids is 1. The summed E-state index contributed by atoms with van der Waals surface area (Å²) >= 11 is 1.28. The summed E-state index contributed by atoms with van der Waals surface area (Å²) in [6.45, 7) is 4.58. The number of nitrogens with one attached hydrogen (secondary N) is 1. The molecule has 46 heavy (non-hydrogen) atoms. The fourth-order valence-electron chi connectivity index (χ4n) is 5.35. The van der Waals surface area contributed by atoms with Crippen molar-refractivity contribution in [2.24, 2.45) is 4.99 Å². The fourth-order valence-corrected chi connectivity index (χ4v) is 6.39. The second-order valence-electron chi connectivity index (χ2n) is 10.6. The molecule has 1 atom stereocenters. The molecule has 1 N–H and O–H groups in total. The van der Waals surface area contributed by atoms with Crippen LogP contribution in [-0.2, 0) is 11.4 Å². The van der Waals surface area contributed by atoms with Crippen LogP contribution in [0.15, 0.2) is 124 Å². The van der Waals surface area contributed by atoms with Gasteiger partial charge >= 0.3 is 0 Å². The molecule has 1 aliphatic rings. The predicted octanol–water partition coefficient (Wildman–Crippen LogP) is 5.86. The lowest BCUT2D eigenvalue weighted by molar-refractivity contribution is -0.113. The van der Waals surface area contributed by atoms with Crippen LogP contribution in [0.25, 0.3) is 6.08 Å². The van der Waals surface area contributed by atoms with Gasteiger partial charge in [0.15, 0.2) is 16.3 Å². The summed E-state index contributed by atoms with van der Waals surface area (Å²) < 4.78 is 19.5. The third-order valence-electron chi connectivity index (χ3n) is 7.51. The highest BCUT2D eigenvalue weighted by Gasteiger charge is 2.32. The monoisotopic (exact) mass is 631 g/mol. The molecule has 0 radical (unpaired) electrons. The van der Waals surface area contributed by atoms with Crippen molar-refractivity contribution in [1.29, 1.82) is 0 Å². The Hall–Kier alpha value is -5.41. The highest BCUT2D eigenvalue weighted by Crippen LogP contribution is 2.33. The molecule has 5 aromatic rings. The van der Waals surface area contributed by atoms with Gasteiger partial charge in [0.25, 0.3) is 11.5 Å². The minimum Gasteiger partial charge on any atom is -0.497 e. The number of rotatable bonds is 10. The van der Waals surface area contributed by atoms with Crippen LogP contribution in [0.3, 0.4) is 0 Å². The number of anilines is 1. The van der Waals surface area contributed by atoms with Crippen molar-refractivity contribution in [3.63, 3.8) is 0 Å². The van der Waals surface area contributed by atoms with Gasteiger partial charge in [-0.15, -0.1) is 0 Å². The molecule has 0 fully saturated rings. The van der Waals surface area contributed by atoms with E-state index in [0.717, 1.165) is 16.7 Å². The Kier molecular flexibility index (Phi) is 9.12. The van der Waals surface area contributed by atoms with Crippen LogP contribution in [-0.4, -0.2) is 24.2 Å². The number of allylic oxidation sites excluding steroid dienone is 1. The second-order valence-corrected chi connectivity index (χ2v) is 11.6. The molecule has 0 saturated carbocycles. The van der Waals surface area contributed by atoms with Crippen molar-refractivity contribution in [2.45, 2.75) is 26.5 Å². The Morgan fingerprint density at radius 3 is 2.43 bits per heavy atom. The van der Waals surface area contributed by atoms with Crippen LogP contribution in [0, 0.1) is 0 Å². The molecule has 232 valence electrons. The zero-order valence-corrected chi connectivity index (χ0v) is 26.5. The third kappa shape index (κ3) is 6.50. The van der Waals surface area contributed by atoms with Gasteiger partial charge < -0.3 is 19.5 Å². The molecular weight excluding hydrogens is 598 g/mol. The maximum atomic E-state index is 14.2. The molecular formula is C37H33N3O5S. The van der Waals surface area contributed by atoms with Crippen molar-refractivity contribution < 1.29 is 19.0 Å². The number of carbonyl (C=O) groups is 1. The SMILES string of the molecule is CCOc1cc(/C=c2\sc3n(c2=O)[C@@H](c2cccc(OC)c2)C(C(=O)Nc2ccccc2)=C(C)N=3)ccc1OCc1ccccc1. The molecule has 9 heteroatoms. The number of hydrogen-bond acceptors (Lipinski definition) is 7. The molecule has 1 amide bonds. The van der Waals surface area contributed by atoms with Crippen LogP contribution >= 0.6 is 11.3 Å². The van der Waals surface area contributed by atoms with Gasteiger partial charge in [-0.1, -0.05) is 78.1 Å². The number of benzene rings is 4. The maximum Gasteiger partial charge on any atom is 0.271 e. The van der Waals surface area contributed by atoms with E-state index >= 15 is 0 Å². The van der Waals surface area contributed by atoms with Crippen molar-refractivity contribution >= 4 is 29.0 Å². The van der Waals surface area contributed by atoms with Crippen LogP contribution in [0.1, 0.15) is 36.6 Å². The standard InChI is InChI=1S/C37H33N3O5S/c1-4-44-31-20-26(18-19-30(31)45-23-25-12-7-5-8-13-25)21-32-36(42)40-34(27-14-11-17-29(22-27)43-3)33(24(2)38-37(40)46-32)35(41)39-28-15-9-6-10-16-28/h5-22,34H,4,23H2,1-3H3,(H,39,41)/b32-21-/t34-/m0/s1. The quantitative estimate of drug-likeness (QED) is 0.209. The molecule has 0 bridgehead atoms. The largest absolute Gasteiger partial charge is 0.497 e. The van der Waals surface area contributed by atoms with E-state index in [1.54, 1.807) is 18.6 Å². The van der Waals surface area contributed by atoms with Gasteiger partial charge in [0.2, 0.25) is 0 Å². The smallest absolute Gasteiger partial charge is 0.271 e.